The molecular weight excluding hydrogens is 366 g/mol. The summed E-state index contributed by atoms with van der Waals surface area (Å²) in [5, 5.41) is 6.28. The maximum atomic E-state index is 12.5. The van der Waals surface area contributed by atoms with Gasteiger partial charge < -0.3 is 15.4 Å². The van der Waals surface area contributed by atoms with Gasteiger partial charge in [-0.15, -0.1) is 0 Å². The molecule has 1 fully saturated rings. The lowest BCUT2D eigenvalue weighted by atomic mass is 10.1. The van der Waals surface area contributed by atoms with Gasteiger partial charge in [0.25, 0.3) is 11.8 Å². The number of hydrogen-bond acceptors (Lipinski definition) is 4. The molecule has 0 bridgehead atoms. The quantitative estimate of drug-likeness (QED) is 0.799. The Kier molecular flexibility index (Phi) is 6.81. The number of hydrogen-bond donors (Lipinski definition) is 2. The zero-order chi connectivity index (χ0) is 19.1. The molecule has 2 aromatic carbocycles. The van der Waals surface area contributed by atoms with E-state index >= 15 is 0 Å². The van der Waals surface area contributed by atoms with Gasteiger partial charge in [-0.3, -0.25) is 14.5 Å². The first-order valence-corrected chi connectivity index (χ1v) is 9.25. The Morgan fingerprint density at radius 3 is 2.44 bits per heavy atom. The molecule has 1 heterocycles. The lowest BCUT2D eigenvalue weighted by Gasteiger charge is -2.26. The van der Waals surface area contributed by atoms with E-state index in [2.05, 4.69) is 15.5 Å². The molecule has 0 spiro atoms. The summed E-state index contributed by atoms with van der Waals surface area (Å²) in [5.41, 5.74) is 1.38. The van der Waals surface area contributed by atoms with Crippen molar-refractivity contribution in [1.82, 2.24) is 10.2 Å². The number of amides is 2. The number of benzene rings is 2. The molecular formula is C20H22ClN3O3. The second-order valence-corrected chi connectivity index (χ2v) is 6.65. The molecule has 27 heavy (non-hydrogen) atoms. The zero-order valence-electron chi connectivity index (χ0n) is 14.9. The molecule has 0 unspecified atom stereocenters. The molecule has 1 aliphatic rings. The van der Waals surface area contributed by atoms with E-state index < -0.39 is 0 Å². The monoisotopic (exact) mass is 387 g/mol. The summed E-state index contributed by atoms with van der Waals surface area (Å²) in [6, 6.07) is 13.6. The second kappa shape index (κ2) is 9.50. The summed E-state index contributed by atoms with van der Waals surface area (Å²) in [4.78, 5) is 27.2. The number of anilines is 1. The van der Waals surface area contributed by atoms with E-state index in [1.54, 1.807) is 48.5 Å². The van der Waals surface area contributed by atoms with Crippen LogP contribution in [0.25, 0.3) is 0 Å². The van der Waals surface area contributed by atoms with Crippen molar-refractivity contribution in [3.63, 3.8) is 0 Å². The van der Waals surface area contributed by atoms with Crippen LogP contribution in [0.2, 0.25) is 5.02 Å². The standard InChI is InChI=1S/C20H22ClN3O3/c21-16-7-5-15(6-8-16)19(25)23-18-4-2-1-3-17(18)20(26)22-9-10-24-11-13-27-14-12-24/h1-8H,9-14H2,(H,22,26)(H,23,25). The Bertz CT molecular complexity index is 789. The molecule has 1 aliphatic heterocycles. The Balaban J connectivity index is 1.59. The average molecular weight is 388 g/mol. The number of carbonyl (C=O) groups excluding carboxylic acids is 2. The van der Waals surface area contributed by atoms with Gasteiger partial charge in [0.1, 0.15) is 0 Å². The Hall–Kier alpha value is -2.41. The van der Waals surface area contributed by atoms with Crippen molar-refractivity contribution in [2.24, 2.45) is 0 Å². The first-order valence-electron chi connectivity index (χ1n) is 8.88. The number of para-hydroxylation sites is 1. The van der Waals surface area contributed by atoms with Crippen LogP contribution in [0, 0.1) is 0 Å². The number of halogens is 1. The summed E-state index contributed by atoms with van der Waals surface area (Å²) >= 11 is 5.85. The van der Waals surface area contributed by atoms with E-state index in [9.17, 15) is 9.59 Å². The Labute approximate surface area is 163 Å². The smallest absolute Gasteiger partial charge is 0.255 e. The lowest BCUT2D eigenvalue weighted by molar-refractivity contribution is 0.0383. The molecule has 0 radical (unpaired) electrons. The van der Waals surface area contributed by atoms with Crippen LogP contribution in [-0.4, -0.2) is 56.1 Å². The fraction of sp³-hybridized carbons (Fsp3) is 0.300. The molecule has 2 aromatic rings. The third-order valence-corrected chi connectivity index (χ3v) is 4.60. The number of rotatable bonds is 6. The summed E-state index contributed by atoms with van der Waals surface area (Å²) < 4.78 is 5.32. The summed E-state index contributed by atoms with van der Waals surface area (Å²) in [5.74, 6) is -0.504. The number of nitrogens with one attached hydrogen (secondary N) is 2. The van der Waals surface area contributed by atoms with Crippen molar-refractivity contribution in [2.45, 2.75) is 0 Å². The number of morpholine rings is 1. The molecule has 1 saturated heterocycles. The van der Waals surface area contributed by atoms with Gasteiger partial charge in [-0.2, -0.15) is 0 Å². The number of carbonyl (C=O) groups is 2. The van der Waals surface area contributed by atoms with Crippen molar-refractivity contribution in [3.05, 3.63) is 64.7 Å². The van der Waals surface area contributed by atoms with Gasteiger partial charge in [-0.1, -0.05) is 23.7 Å². The molecule has 7 heteroatoms. The molecule has 0 atom stereocenters. The van der Waals surface area contributed by atoms with Crippen molar-refractivity contribution in [2.75, 3.05) is 44.7 Å². The lowest BCUT2D eigenvalue weighted by Crippen LogP contribution is -2.41. The minimum absolute atomic E-state index is 0.213. The van der Waals surface area contributed by atoms with E-state index in [1.807, 2.05) is 0 Å². The predicted octanol–water partition coefficient (Wildman–Crippen LogP) is 2.65. The van der Waals surface area contributed by atoms with Gasteiger partial charge in [0.05, 0.1) is 24.5 Å². The van der Waals surface area contributed by atoms with E-state index in [0.29, 0.717) is 28.4 Å². The summed E-state index contributed by atoms with van der Waals surface area (Å²) in [6.45, 7) is 4.53. The number of ether oxygens (including phenoxy) is 1. The van der Waals surface area contributed by atoms with Gasteiger partial charge in [0.15, 0.2) is 0 Å². The van der Waals surface area contributed by atoms with Crippen molar-refractivity contribution in [1.29, 1.82) is 0 Å². The van der Waals surface area contributed by atoms with E-state index in [-0.39, 0.29) is 11.8 Å². The third kappa shape index (κ3) is 5.53. The van der Waals surface area contributed by atoms with Crippen LogP contribution in [0.3, 0.4) is 0 Å². The number of nitrogens with zero attached hydrogens (tertiary/aromatic N) is 1. The van der Waals surface area contributed by atoms with Gasteiger partial charge >= 0.3 is 0 Å². The van der Waals surface area contributed by atoms with Crippen molar-refractivity contribution in [3.8, 4) is 0 Å². The van der Waals surface area contributed by atoms with Crippen LogP contribution in [0.4, 0.5) is 5.69 Å². The highest BCUT2D eigenvalue weighted by Gasteiger charge is 2.15. The predicted molar refractivity (Wildman–Crippen MR) is 105 cm³/mol. The fourth-order valence-corrected chi connectivity index (χ4v) is 2.96. The molecule has 3 rings (SSSR count). The highest BCUT2D eigenvalue weighted by Crippen LogP contribution is 2.17. The topological polar surface area (TPSA) is 70.7 Å². The van der Waals surface area contributed by atoms with Crippen LogP contribution in [0.15, 0.2) is 48.5 Å². The normalized spacial score (nSPS) is 14.6. The Morgan fingerprint density at radius 1 is 1.00 bits per heavy atom. The van der Waals surface area contributed by atoms with Crippen LogP contribution in [-0.2, 0) is 4.74 Å². The SMILES string of the molecule is O=C(Nc1ccccc1C(=O)NCCN1CCOCC1)c1ccc(Cl)cc1. The summed E-state index contributed by atoms with van der Waals surface area (Å²) in [6.07, 6.45) is 0. The van der Waals surface area contributed by atoms with Crippen LogP contribution in [0.1, 0.15) is 20.7 Å². The van der Waals surface area contributed by atoms with Crippen LogP contribution >= 0.6 is 11.6 Å². The molecule has 0 aliphatic carbocycles. The maximum Gasteiger partial charge on any atom is 0.255 e. The van der Waals surface area contributed by atoms with Crippen LogP contribution < -0.4 is 10.6 Å². The van der Waals surface area contributed by atoms with Gasteiger partial charge in [-0.25, -0.2) is 0 Å². The van der Waals surface area contributed by atoms with Crippen molar-refractivity contribution >= 4 is 29.1 Å². The second-order valence-electron chi connectivity index (χ2n) is 6.22. The van der Waals surface area contributed by atoms with Crippen molar-refractivity contribution < 1.29 is 14.3 Å². The van der Waals surface area contributed by atoms with Gasteiger partial charge in [0, 0.05) is 36.8 Å². The van der Waals surface area contributed by atoms with E-state index in [4.69, 9.17) is 16.3 Å². The van der Waals surface area contributed by atoms with E-state index in [0.717, 1.165) is 32.8 Å². The van der Waals surface area contributed by atoms with Crippen LogP contribution in [0.5, 0.6) is 0 Å². The molecule has 2 amide bonds. The fourth-order valence-electron chi connectivity index (χ4n) is 2.83. The molecule has 2 N–H and O–H groups in total. The van der Waals surface area contributed by atoms with Gasteiger partial charge in [-0.05, 0) is 36.4 Å². The first-order chi connectivity index (χ1) is 13.1. The maximum absolute atomic E-state index is 12.5. The molecule has 0 aromatic heterocycles. The minimum atomic E-state index is -0.291. The zero-order valence-corrected chi connectivity index (χ0v) is 15.7. The molecule has 142 valence electrons. The molecule has 6 nitrogen and oxygen atoms in total. The summed E-state index contributed by atoms with van der Waals surface area (Å²) in [7, 11) is 0. The third-order valence-electron chi connectivity index (χ3n) is 4.34. The van der Waals surface area contributed by atoms with Gasteiger partial charge in [0.2, 0.25) is 0 Å². The largest absolute Gasteiger partial charge is 0.379 e. The van der Waals surface area contributed by atoms with E-state index in [1.165, 1.54) is 0 Å². The highest BCUT2D eigenvalue weighted by molar-refractivity contribution is 6.30. The highest BCUT2D eigenvalue weighted by atomic mass is 35.5. The first kappa shape index (κ1) is 19.4. The average Bonchev–Trinajstić information content (AvgIpc) is 2.69. The minimum Gasteiger partial charge on any atom is -0.379 e. The molecule has 0 saturated carbocycles. The Morgan fingerprint density at radius 2 is 1.70 bits per heavy atom.